The van der Waals surface area contributed by atoms with Gasteiger partial charge in [-0.3, -0.25) is 10.3 Å². The molecule has 4 atom stereocenters. The lowest BCUT2D eigenvalue weighted by Gasteiger charge is -2.48. The second-order valence-corrected chi connectivity index (χ2v) is 24.0. The highest BCUT2D eigenvalue weighted by Gasteiger charge is 2.55. The van der Waals surface area contributed by atoms with Gasteiger partial charge in [0.05, 0.1) is 41.9 Å². The number of carbonyl (C=O) groups excluding carboxylic acids is 1. The molecule has 4 N–H and O–H groups in total. The van der Waals surface area contributed by atoms with Gasteiger partial charge in [0.1, 0.15) is 23.8 Å². The molecule has 2 aromatic carbocycles. The van der Waals surface area contributed by atoms with E-state index in [-0.39, 0.29) is 35.0 Å². The van der Waals surface area contributed by atoms with E-state index in [1.807, 2.05) is 17.0 Å². The van der Waals surface area contributed by atoms with Gasteiger partial charge in [-0.2, -0.15) is 25.7 Å². The van der Waals surface area contributed by atoms with Gasteiger partial charge in [-0.25, -0.2) is 9.18 Å². The van der Waals surface area contributed by atoms with Crippen LogP contribution in [0, 0.1) is 16.7 Å². The third-order valence-corrected chi connectivity index (χ3v) is 19.3. The van der Waals surface area contributed by atoms with Gasteiger partial charge in [-0.1, -0.05) is 81.4 Å². The van der Waals surface area contributed by atoms with Crippen LogP contribution in [0.4, 0.5) is 15.3 Å². The molecule has 5 heterocycles. The molecule has 0 unspecified atom stereocenters. The Labute approximate surface area is 367 Å². The van der Waals surface area contributed by atoms with Gasteiger partial charge in [0.15, 0.2) is 5.84 Å². The van der Waals surface area contributed by atoms with E-state index in [0.717, 1.165) is 34.6 Å². The minimum absolute atomic E-state index is 0.0394. The first-order valence-electron chi connectivity index (χ1n) is 21.4. The molecule has 4 aliphatic rings. The van der Waals surface area contributed by atoms with E-state index in [4.69, 9.17) is 39.8 Å². The number of amidine groups is 1. The highest BCUT2D eigenvalue weighted by Crippen LogP contribution is 2.46. The number of nitrogens with one attached hydrogen (secondary N) is 2. The molecule has 328 valence electrons. The number of hydrogen-bond donors (Lipinski definition) is 3. The van der Waals surface area contributed by atoms with Gasteiger partial charge in [0.25, 0.3) is 8.32 Å². The molecule has 2 aromatic heterocycles. The lowest BCUT2D eigenvalue weighted by Crippen LogP contribution is -2.70. The molecule has 0 spiro atoms. The Kier molecular flexibility index (Phi) is 11.9. The number of fused-ring (bicyclic) bond motifs is 2. The van der Waals surface area contributed by atoms with Crippen molar-refractivity contribution in [2.45, 2.75) is 101 Å². The van der Waals surface area contributed by atoms with Crippen LogP contribution >= 0.6 is 11.3 Å². The van der Waals surface area contributed by atoms with E-state index < -0.39 is 42.8 Å². The number of hydroxylamine groups is 1. The second-order valence-electron chi connectivity index (χ2n) is 18.6. The molecule has 0 amide bonds. The number of nitrogens with zero attached hydrogens (tertiary/aromatic N) is 6. The van der Waals surface area contributed by atoms with E-state index >= 15 is 0 Å². The Balaban J connectivity index is 1.11. The van der Waals surface area contributed by atoms with Crippen molar-refractivity contribution in [2.75, 3.05) is 56.6 Å². The number of aryl methyl sites for hydroxylation is 1. The quantitative estimate of drug-likeness (QED) is 0.0821. The smallest absolute Gasteiger partial charge is 0.342 e. The van der Waals surface area contributed by atoms with Gasteiger partial charge in [-0.05, 0) is 67.9 Å². The van der Waals surface area contributed by atoms with Crippen molar-refractivity contribution >= 4 is 52.8 Å². The van der Waals surface area contributed by atoms with Crippen LogP contribution in [-0.4, -0.2) is 103 Å². The number of carbonyl (C=O) groups is 1. The largest absolute Gasteiger partial charge is 0.461 e. The summed E-state index contributed by atoms with van der Waals surface area (Å²) in [7, 11) is -3.05. The van der Waals surface area contributed by atoms with Crippen molar-refractivity contribution < 1.29 is 27.9 Å². The average Bonchev–Trinajstić information content (AvgIpc) is 3.85. The van der Waals surface area contributed by atoms with Crippen LogP contribution in [0.25, 0.3) is 0 Å². The van der Waals surface area contributed by atoms with Gasteiger partial charge in [0.2, 0.25) is 11.8 Å². The molecule has 3 saturated heterocycles. The molecule has 8 rings (SSSR count). The first-order valence-corrected chi connectivity index (χ1v) is 24.1. The summed E-state index contributed by atoms with van der Waals surface area (Å²) in [4.78, 5) is 38.7. The monoisotopic (exact) mass is 881 g/mol. The average molecular weight is 882 g/mol. The highest BCUT2D eigenvalue weighted by molar-refractivity contribution is 7.16. The maximum Gasteiger partial charge on any atom is 0.342 e. The first kappa shape index (κ1) is 43.6. The van der Waals surface area contributed by atoms with Gasteiger partial charge in [0, 0.05) is 30.0 Å². The first-order chi connectivity index (χ1) is 29.6. The highest BCUT2D eigenvalue weighted by atomic mass is 32.1. The molecule has 0 bridgehead atoms. The van der Waals surface area contributed by atoms with E-state index in [1.165, 1.54) is 11.3 Å². The second kappa shape index (κ2) is 16.9. The van der Waals surface area contributed by atoms with E-state index in [9.17, 15) is 14.4 Å². The molecule has 0 radical (unpaired) electrons. The van der Waals surface area contributed by atoms with Crippen LogP contribution in [0.2, 0.25) is 5.04 Å². The van der Waals surface area contributed by atoms with Crippen LogP contribution in [0.15, 0.2) is 60.7 Å². The molecule has 62 heavy (non-hydrogen) atoms. The zero-order valence-electron chi connectivity index (χ0n) is 36.1. The summed E-state index contributed by atoms with van der Waals surface area (Å²) in [5, 5.41) is 21.4. The maximum absolute atomic E-state index is 14.8. The summed E-state index contributed by atoms with van der Waals surface area (Å²) in [5.41, 5.74) is 7.05. The fourth-order valence-electron chi connectivity index (χ4n) is 10.1. The number of alkyl halides is 1. The Morgan fingerprint density at radius 2 is 1.79 bits per heavy atom. The number of ether oxygens (including phenoxy) is 2. The van der Waals surface area contributed by atoms with Crippen molar-refractivity contribution in [1.82, 2.24) is 25.3 Å². The maximum atomic E-state index is 14.8. The number of nitrogen functional groups attached to an aromatic ring is 1. The number of nitriles is 1. The van der Waals surface area contributed by atoms with E-state index in [1.54, 1.807) is 6.92 Å². The number of nitrogens with two attached hydrogens (primary N) is 1. The van der Waals surface area contributed by atoms with Crippen molar-refractivity contribution in [1.29, 1.82) is 10.7 Å². The number of benzene rings is 2. The number of halogens is 1. The lowest BCUT2D eigenvalue weighted by atomic mass is 9.72. The van der Waals surface area contributed by atoms with Crippen LogP contribution in [0.3, 0.4) is 0 Å². The van der Waals surface area contributed by atoms with Crippen molar-refractivity contribution in [3.05, 3.63) is 82.5 Å². The zero-order valence-corrected chi connectivity index (χ0v) is 37.9. The number of aromatic nitrogens is 3. The standard InChI is InChI=1S/C45H56FN9O5SSi/c1-42(2,3)62(31-14-8-6-9-15-31,32-16-10-7-11-17-32)60-43(4)27-54(22-23-57-28-43)40-50-38(51-41(52-40)58-29-45-20-13-21-55(45)26-30(46)24-45)36(48)53-59-39(56)44(5)19-12-18-34-35(44)33(25-47)37(49)61-34/h6-11,14-17,30H,12-13,18-24,26-29,49H2,1-5H3,(H2,48,53)/t30-,43-,44+,45+/m1/s1. The van der Waals surface area contributed by atoms with E-state index in [0.29, 0.717) is 69.1 Å². The summed E-state index contributed by atoms with van der Waals surface area (Å²) < 4.78 is 35.1. The molecule has 3 aliphatic heterocycles. The Morgan fingerprint density at radius 3 is 2.47 bits per heavy atom. The molecule has 14 nitrogen and oxygen atoms in total. The number of thiophene rings is 1. The minimum atomic E-state index is -3.05. The molecular weight excluding hydrogens is 826 g/mol. The van der Waals surface area contributed by atoms with Gasteiger partial charge < -0.3 is 29.4 Å². The van der Waals surface area contributed by atoms with Gasteiger partial charge >= 0.3 is 12.0 Å². The van der Waals surface area contributed by atoms with Crippen LogP contribution in [0.1, 0.15) is 88.6 Å². The predicted molar refractivity (Wildman–Crippen MR) is 238 cm³/mol. The Bertz CT molecular complexity index is 2310. The van der Waals surface area contributed by atoms with Crippen LogP contribution < -0.4 is 31.2 Å². The third-order valence-electron chi connectivity index (χ3n) is 13.0. The van der Waals surface area contributed by atoms with Crippen molar-refractivity contribution in [3.63, 3.8) is 0 Å². The third kappa shape index (κ3) is 8.07. The normalized spacial score (nSPS) is 25.3. The zero-order chi connectivity index (χ0) is 43.9. The summed E-state index contributed by atoms with van der Waals surface area (Å²) in [6.45, 7) is 13.2. The Morgan fingerprint density at radius 1 is 1.08 bits per heavy atom. The topological polar surface area (TPSA) is 185 Å². The number of anilines is 2. The van der Waals surface area contributed by atoms with Crippen molar-refractivity contribution in [2.24, 2.45) is 0 Å². The fourth-order valence-corrected chi connectivity index (χ4v) is 16.1. The summed E-state index contributed by atoms with van der Waals surface area (Å²) in [6, 6.07) is 23.0. The van der Waals surface area contributed by atoms with Crippen LogP contribution in [-0.2, 0) is 30.6 Å². The summed E-state index contributed by atoms with van der Waals surface area (Å²) >= 11 is 1.32. The fraction of sp³-hybridized carbons (Fsp3) is 0.511. The summed E-state index contributed by atoms with van der Waals surface area (Å²) in [6.07, 6.45) is 3.00. The lowest BCUT2D eigenvalue weighted by molar-refractivity contribution is -0.155. The summed E-state index contributed by atoms with van der Waals surface area (Å²) in [5.74, 6) is -0.969. The van der Waals surface area contributed by atoms with Crippen LogP contribution in [0.5, 0.6) is 6.01 Å². The van der Waals surface area contributed by atoms with Crippen molar-refractivity contribution in [3.8, 4) is 12.1 Å². The molecule has 1 aliphatic carbocycles. The molecule has 4 aromatic rings. The Hall–Kier alpha value is -4.99. The molecular formula is C45H56FN9O5SSi. The van der Waals surface area contributed by atoms with Gasteiger partial charge in [-0.15, -0.1) is 11.3 Å². The number of rotatable bonds is 10. The number of hydrogen-bond acceptors (Lipinski definition) is 14. The minimum Gasteiger partial charge on any atom is -0.461 e. The molecule has 3 fully saturated rings. The molecule has 0 saturated carbocycles. The predicted octanol–water partition coefficient (Wildman–Crippen LogP) is 5.18. The SMILES string of the molecule is CC(C)(C)[Si](O[C@@]1(C)COCCN(c2nc(OC[C@@]34CCCN3C[C@H](F)C4)nc(C(=N)NOC(=O)[C@@]3(C)CCCc4sc(N)c(C#N)c43)n2)C1)(c1ccccc1)c1ccccc1. The van der Waals surface area contributed by atoms with E-state index in [2.05, 4.69) is 97.7 Å². The molecule has 17 heteroatoms.